The van der Waals surface area contributed by atoms with E-state index in [1.807, 2.05) is 6.21 Å². The third-order valence-electron chi connectivity index (χ3n) is 6.02. The number of benzene rings is 1. The van der Waals surface area contributed by atoms with Crippen LogP contribution in [0.3, 0.4) is 0 Å². The molecule has 3 nitrogen and oxygen atoms in total. The summed E-state index contributed by atoms with van der Waals surface area (Å²) in [6, 6.07) is 8.60. The number of aliphatic imine (C=N–C) groups is 1. The highest BCUT2D eigenvalue weighted by Crippen LogP contribution is 2.43. The standard InChI is InChI=1S/C24H40N2O/c1-19(2)11-12-24(14-16-27-23(17-24)20(3)4)13-15-25-18-21-7-9-22(10-8-21)26(5)6/h7-10,18-20,23H,11-17H2,1-6H3/t23-,24+/m1/s1. The van der Waals surface area contributed by atoms with Crippen LogP contribution >= 0.6 is 0 Å². The monoisotopic (exact) mass is 372 g/mol. The van der Waals surface area contributed by atoms with Gasteiger partial charge in [-0.1, -0.05) is 46.2 Å². The Bertz CT molecular complexity index is 577. The summed E-state index contributed by atoms with van der Waals surface area (Å²) in [5.74, 6) is 1.36. The van der Waals surface area contributed by atoms with E-state index in [9.17, 15) is 0 Å². The Morgan fingerprint density at radius 2 is 1.85 bits per heavy atom. The number of nitrogens with zero attached hydrogens (tertiary/aromatic N) is 2. The number of hydrogen-bond donors (Lipinski definition) is 0. The predicted octanol–water partition coefficient (Wildman–Crippen LogP) is 5.82. The first-order valence-corrected chi connectivity index (χ1v) is 10.7. The maximum absolute atomic E-state index is 6.07. The maximum Gasteiger partial charge on any atom is 0.0603 e. The first-order valence-electron chi connectivity index (χ1n) is 10.7. The second-order valence-electron chi connectivity index (χ2n) is 9.31. The number of rotatable bonds is 9. The summed E-state index contributed by atoms with van der Waals surface area (Å²) in [6.07, 6.45) is 8.63. The van der Waals surface area contributed by atoms with Gasteiger partial charge in [-0.05, 0) is 60.6 Å². The second-order valence-corrected chi connectivity index (χ2v) is 9.31. The molecule has 0 N–H and O–H groups in total. The molecule has 3 heteroatoms. The normalized spacial score (nSPS) is 23.5. The third kappa shape index (κ3) is 6.95. The molecule has 0 radical (unpaired) electrons. The zero-order valence-electron chi connectivity index (χ0n) is 18.4. The van der Waals surface area contributed by atoms with Crippen LogP contribution in [0, 0.1) is 17.3 Å². The van der Waals surface area contributed by atoms with E-state index in [-0.39, 0.29) is 0 Å². The first-order chi connectivity index (χ1) is 12.8. The van der Waals surface area contributed by atoms with E-state index < -0.39 is 0 Å². The summed E-state index contributed by atoms with van der Waals surface area (Å²) >= 11 is 0. The fourth-order valence-electron chi connectivity index (χ4n) is 3.95. The molecule has 1 saturated heterocycles. The maximum atomic E-state index is 6.07. The highest BCUT2D eigenvalue weighted by molar-refractivity contribution is 5.80. The Morgan fingerprint density at radius 1 is 1.15 bits per heavy atom. The number of anilines is 1. The van der Waals surface area contributed by atoms with Gasteiger partial charge >= 0.3 is 0 Å². The van der Waals surface area contributed by atoms with Gasteiger partial charge in [-0.2, -0.15) is 0 Å². The lowest BCUT2D eigenvalue weighted by molar-refractivity contribution is -0.0755. The van der Waals surface area contributed by atoms with Crippen molar-refractivity contribution in [2.24, 2.45) is 22.2 Å². The molecule has 0 amide bonds. The van der Waals surface area contributed by atoms with Crippen molar-refractivity contribution in [2.75, 3.05) is 32.1 Å². The summed E-state index contributed by atoms with van der Waals surface area (Å²) in [4.78, 5) is 6.89. The average molecular weight is 373 g/mol. The van der Waals surface area contributed by atoms with Crippen LogP contribution in [-0.4, -0.2) is 39.6 Å². The highest BCUT2D eigenvalue weighted by atomic mass is 16.5. The van der Waals surface area contributed by atoms with E-state index in [0.717, 1.165) is 19.1 Å². The van der Waals surface area contributed by atoms with E-state index in [1.54, 1.807) is 0 Å². The van der Waals surface area contributed by atoms with E-state index in [0.29, 0.717) is 17.4 Å². The summed E-state index contributed by atoms with van der Waals surface area (Å²) in [5, 5.41) is 0. The molecule has 0 saturated carbocycles. The van der Waals surface area contributed by atoms with Crippen molar-refractivity contribution in [1.29, 1.82) is 0 Å². The van der Waals surface area contributed by atoms with Gasteiger partial charge in [0.15, 0.2) is 0 Å². The lowest BCUT2D eigenvalue weighted by Crippen LogP contribution is -2.38. The van der Waals surface area contributed by atoms with Crippen LogP contribution in [-0.2, 0) is 4.74 Å². The lowest BCUT2D eigenvalue weighted by Gasteiger charge is -2.43. The van der Waals surface area contributed by atoms with Crippen LogP contribution in [0.2, 0.25) is 0 Å². The minimum absolute atomic E-state index is 0.406. The summed E-state index contributed by atoms with van der Waals surface area (Å²) in [7, 11) is 4.13. The fourth-order valence-corrected chi connectivity index (χ4v) is 3.95. The number of ether oxygens (including phenoxy) is 1. The molecule has 1 aromatic carbocycles. The highest BCUT2D eigenvalue weighted by Gasteiger charge is 2.37. The minimum Gasteiger partial charge on any atom is -0.378 e. The Balaban J connectivity index is 1.96. The van der Waals surface area contributed by atoms with Crippen molar-refractivity contribution in [3.63, 3.8) is 0 Å². The third-order valence-corrected chi connectivity index (χ3v) is 6.02. The molecular weight excluding hydrogens is 332 g/mol. The van der Waals surface area contributed by atoms with Gasteiger partial charge in [0, 0.05) is 39.1 Å². The molecule has 152 valence electrons. The van der Waals surface area contributed by atoms with Gasteiger partial charge < -0.3 is 9.64 Å². The van der Waals surface area contributed by atoms with Gasteiger partial charge in [-0.15, -0.1) is 0 Å². The van der Waals surface area contributed by atoms with Gasteiger partial charge in [0.2, 0.25) is 0 Å². The van der Waals surface area contributed by atoms with Gasteiger partial charge in [-0.3, -0.25) is 4.99 Å². The molecule has 1 heterocycles. The van der Waals surface area contributed by atoms with Crippen molar-refractivity contribution in [1.82, 2.24) is 0 Å². The van der Waals surface area contributed by atoms with E-state index >= 15 is 0 Å². The van der Waals surface area contributed by atoms with Crippen molar-refractivity contribution < 1.29 is 4.74 Å². The molecule has 0 bridgehead atoms. The van der Waals surface area contributed by atoms with E-state index in [1.165, 1.54) is 43.4 Å². The molecule has 1 aliphatic heterocycles. The average Bonchev–Trinajstić information content (AvgIpc) is 2.64. The van der Waals surface area contributed by atoms with Gasteiger partial charge in [0.1, 0.15) is 0 Å². The molecule has 27 heavy (non-hydrogen) atoms. The van der Waals surface area contributed by atoms with E-state index in [2.05, 4.69) is 71.0 Å². The Labute approximate surface area is 167 Å². The summed E-state index contributed by atoms with van der Waals surface area (Å²) < 4.78 is 6.07. The smallest absolute Gasteiger partial charge is 0.0603 e. The van der Waals surface area contributed by atoms with Crippen LogP contribution in [0.15, 0.2) is 29.3 Å². The van der Waals surface area contributed by atoms with Crippen LogP contribution < -0.4 is 4.90 Å². The zero-order valence-corrected chi connectivity index (χ0v) is 18.4. The molecule has 1 fully saturated rings. The van der Waals surface area contributed by atoms with Crippen LogP contribution in [0.1, 0.15) is 65.4 Å². The van der Waals surface area contributed by atoms with E-state index in [4.69, 9.17) is 9.73 Å². The first kappa shape index (κ1) is 21.9. The number of hydrogen-bond acceptors (Lipinski definition) is 3. The van der Waals surface area contributed by atoms with Gasteiger partial charge in [-0.25, -0.2) is 0 Å². The molecule has 0 spiro atoms. The van der Waals surface area contributed by atoms with Gasteiger partial charge in [0.25, 0.3) is 0 Å². The molecule has 1 aliphatic rings. The molecule has 2 atom stereocenters. The Hall–Kier alpha value is -1.35. The topological polar surface area (TPSA) is 24.8 Å². The zero-order chi connectivity index (χ0) is 19.9. The van der Waals surface area contributed by atoms with Gasteiger partial charge in [0.05, 0.1) is 6.10 Å². The summed E-state index contributed by atoms with van der Waals surface area (Å²) in [6.45, 7) is 11.1. The molecular formula is C24H40N2O. The largest absolute Gasteiger partial charge is 0.378 e. The van der Waals surface area contributed by atoms with Crippen LogP contribution in [0.25, 0.3) is 0 Å². The SMILES string of the molecule is CC(C)CC[C@]1(CCN=Cc2ccc(N(C)C)cc2)CCO[C@@H](C(C)C)C1. The lowest BCUT2D eigenvalue weighted by atomic mass is 9.69. The molecule has 1 aromatic rings. The van der Waals surface area contributed by atoms with Crippen molar-refractivity contribution >= 4 is 11.9 Å². The molecule has 0 unspecified atom stereocenters. The quantitative estimate of drug-likeness (QED) is 0.510. The minimum atomic E-state index is 0.406. The fraction of sp³-hybridized carbons (Fsp3) is 0.708. The van der Waals surface area contributed by atoms with Crippen molar-refractivity contribution in [3.05, 3.63) is 29.8 Å². The Morgan fingerprint density at radius 3 is 2.44 bits per heavy atom. The summed E-state index contributed by atoms with van der Waals surface area (Å²) in [5.41, 5.74) is 2.81. The van der Waals surface area contributed by atoms with Crippen LogP contribution in [0.4, 0.5) is 5.69 Å². The molecule has 0 aliphatic carbocycles. The Kier molecular flexibility index (Phi) is 8.34. The predicted molar refractivity (Wildman–Crippen MR) is 118 cm³/mol. The van der Waals surface area contributed by atoms with Crippen molar-refractivity contribution in [3.8, 4) is 0 Å². The van der Waals surface area contributed by atoms with Crippen LogP contribution in [0.5, 0.6) is 0 Å². The van der Waals surface area contributed by atoms with Crippen molar-refractivity contribution in [2.45, 2.75) is 65.9 Å². The second kappa shape index (κ2) is 10.3. The molecule has 0 aromatic heterocycles. The molecule has 2 rings (SSSR count).